The van der Waals surface area contributed by atoms with Gasteiger partial charge in [0.2, 0.25) is 0 Å². The van der Waals surface area contributed by atoms with E-state index >= 15 is 0 Å². The minimum Gasteiger partial charge on any atom is -0.496 e. The van der Waals surface area contributed by atoms with Crippen LogP contribution in [0.2, 0.25) is 0 Å². The Balaban J connectivity index is 2.00. The topological polar surface area (TPSA) is 44.5 Å². The van der Waals surface area contributed by atoms with Crippen molar-refractivity contribution in [2.75, 3.05) is 20.3 Å². The second kappa shape index (κ2) is 3.70. The lowest BCUT2D eigenvalue weighted by Crippen LogP contribution is -2.60. The molecular formula is C13H16BrNO2. The maximum Gasteiger partial charge on any atom is 0.133 e. The second-order valence-corrected chi connectivity index (χ2v) is 5.93. The Morgan fingerprint density at radius 3 is 2.47 bits per heavy atom. The molecule has 92 valence electrons. The van der Waals surface area contributed by atoms with Crippen LogP contribution in [-0.2, 0) is 10.2 Å². The lowest BCUT2D eigenvalue weighted by Gasteiger charge is -2.47. The lowest BCUT2D eigenvalue weighted by atomic mass is 9.71. The third-order valence-electron chi connectivity index (χ3n) is 4.14. The summed E-state index contributed by atoms with van der Waals surface area (Å²) in [5.41, 5.74) is 7.63. The lowest BCUT2D eigenvalue weighted by molar-refractivity contribution is -0.0786. The molecule has 1 saturated carbocycles. The van der Waals surface area contributed by atoms with E-state index in [2.05, 4.69) is 28.1 Å². The molecule has 0 atom stereocenters. The maximum absolute atomic E-state index is 6.41. The van der Waals surface area contributed by atoms with Gasteiger partial charge in [0.05, 0.1) is 30.2 Å². The molecule has 3 nitrogen and oxygen atoms in total. The van der Waals surface area contributed by atoms with Crippen LogP contribution >= 0.6 is 15.9 Å². The van der Waals surface area contributed by atoms with Crippen molar-refractivity contribution in [1.29, 1.82) is 0 Å². The Labute approximate surface area is 109 Å². The summed E-state index contributed by atoms with van der Waals surface area (Å²) in [5.74, 6) is 0.853. The Hall–Kier alpha value is -0.580. The van der Waals surface area contributed by atoms with Crippen molar-refractivity contribution in [2.24, 2.45) is 5.73 Å². The van der Waals surface area contributed by atoms with Crippen LogP contribution in [0.15, 0.2) is 22.7 Å². The molecule has 2 N–H and O–H groups in total. The van der Waals surface area contributed by atoms with Crippen molar-refractivity contribution in [3.63, 3.8) is 0 Å². The summed E-state index contributed by atoms with van der Waals surface area (Å²) < 4.78 is 11.7. The third kappa shape index (κ3) is 1.54. The molecule has 3 rings (SSSR count). The summed E-state index contributed by atoms with van der Waals surface area (Å²) >= 11 is 3.53. The van der Waals surface area contributed by atoms with Gasteiger partial charge < -0.3 is 15.2 Å². The minimum atomic E-state index is -0.0563. The van der Waals surface area contributed by atoms with E-state index in [1.165, 1.54) is 5.56 Å². The number of hydrogen-bond acceptors (Lipinski definition) is 3. The molecule has 0 aromatic heterocycles. The van der Waals surface area contributed by atoms with Gasteiger partial charge in [0, 0.05) is 5.54 Å². The number of ether oxygens (including phenoxy) is 2. The molecule has 4 heteroatoms. The fraction of sp³-hybridized carbons (Fsp3) is 0.538. The molecule has 2 fully saturated rings. The summed E-state index contributed by atoms with van der Waals surface area (Å²) in [6, 6.07) is 6.22. The van der Waals surface area contributed by atoms with Gasteiger partial charge >= 0.3 is 0 Å². The summed E-state index contributed by atoms with van der Waals surface area (Å²) in [6.07, 6.45) is 2.19. The first-order valence-electron chi connectivity index (χ1n) is 5.82. The maximum atomic E-state index is 6.41. The molecule has 1 aromatic rings. The van der Waals surface area contributed by atoms with Crippen molar-refractivity contribution in [1.82, 2.24) is 0 Å². The van der Waals surface area contributed by atoms with Gasteiger partial charge in [-0.25, -0.2) is 0 Å². The zero-order valence-corrected chi connectivity index (χ0v) is 11.4. The van der Waals surface area contributed by atoms with Crippen LogP contribution in [0.3, 0.4) is 0 Å². The van der Waals surface area contributed by atoms with E-state index in [1.807, 2.05) is 6.07 Å². The summed E-state index contributed by atoms with van der Waals surface area (Å²) in [4.78, 5) is 0. The van der Waals surface area contributed by atoms with Crippen LogP contribution < -0.4 is 10.5 Å². The number of rotatable bonds is 3. The largest absolute Gasteiger partial charge is 0.496 e. The smallest absolute Gasteiger partial charge is 0.133 e. The molecule has 2 aliphatic rings. The van der Waals surface area contributed by atoms with Crippen LogP contribution in [0.5, 0.6) is 5.75 Å². The molecule has 0 unspecified atom stereocenters. The fourth-order valence-corrected chi connectivity index (χ4v) is 3.17. The number of methoxy groups -OCH3 is 1. The number of benzene rings is 1. The summed E-state index contributed by atoms with van der Waals surface area (Å²) in [6.45, 7) is 1.48. The van der Waals surface area contributed by atoms with Gasteiger partial charge in [0.1, 0.15) is 5.75 Å². The molecule has 17 heavy (non-hydrogen) atoms. The van der Waals surface area contributed by atoms with Gasteiger partial charge in [-0.1, -0.05) is 6.07 Å². The van der Waals surface area contributed by atoms with E-state index in [4.69, 9.17) is 15.2 Å². The van der Waals surface area contributed by atoms with Crippen molar-refractivity contribution in [2.45, 2.75) is 23.8 Å². The van der Waals surface area contributed by atoms with E-state index in [9.17, 15) is 0 Å². The summed E-state index contributed by atoms with van der Waals surface area (Å²) in [7, 11) is 1.67. The van der Waals surface area contributed by atoms with Gasteiger partial charge in [0.15, 0.2) is 0 Å². The molecule has 1 heterocycles. The molecular weight excluding hydrogens is 282 g/mol. The zero-order chi connectivity index (χ0) is 12.1. The van der Waals surface area contributed by atoms with Crippen molar-refractivity contribution in [3.05, 3.63) is 28.2 Å². The fourth-order valence-electron chi connectivity index (χ4n) is 2.63. The second-order valence-electron chi connectivity index (χ2n) is 5.08. The monoisotopic (exact) mass is 297 g/mol. The number of hydrogen-bond donors (Lipinski definition) is 1. The van der Waals surface area contributed by atoms with Crippen LogP contribution in [-0.4, -0.2) is 25.9 Å². The Kier molecular flexibility index (Phi) is 2.51. The van der Waals surface area contributed by atoms with Crippen molar-refractivity contribution in [3.8, 4) is 5.75 Å². The van der Waals surface area contributed by atoms with Crippen LogP contribution in [0.4, 0.5) is 0 Å². The van der Waals surface area contributed by atoms with E-state index in [1.54, 1.807) is 7.11 Å². The first-order chi connectivity index (χ1) is 8.11. The van der Waals surface area contributed by atoms with Gasteiger partial charge in [-0.2, -0.15) is 0 Å². The molecule has 0 bridgehead atoms. The predicted octanol–water partition coefficient (Wildman–Crippen LogP) is 2.22. The van der Waals surface area contributed by atoms with Crippen LogP contribution in [0.1, 0.15) is 18.4 Å². The highest BCUT2D eigenvalue weighted by molar-refractivity contribution is 9.10. The van der Waals surface area contributed by atoms with Gasteiger partial charge in [-0.05, 0) is 46.5 Å². The van der Waals surface area contributed by atoms with E-state index < -0.39 is 0 Å². The average Bonchev–Trinajstić information content (AvgIpc) is 2.96. The molecule has 0 radical (unpaired) electrons. The van der Waals surface area contributed by atoms with Crippen molar-refractivity contribution >= 4 is 15.9 Å². The Bertz CT molecular complexity index is 453. The number of nitrogens with two attached hydrogens (primary N) is 1. The first-order valence-corrected chi connectivity index (χ1v) is 6.61. The van der Waals surface area contributed by atoms with Gasteiger partial charge in [-0.3, -0.25) is 0 Å². The molecule has 1 aliphatic heterocycles. The number of halogens is 1. The molecule has 0 amide bonds. The zero-order valence-electron chi connectivity index (χ0n) is 9.83. The highest BCUT2D eigenvalue weighted by atomic mass is 79.9. The average molecular weight is 298 g/mol. The van der Waals surface area contributed by atoms with Gasteiger partial charge in [-0.15, -0.1) is 0 Å². The first kappa shape index (κ1) is 11.5. The van der Waals surface area contributed by atoms with E-state index in [0.29, 0.717) is 0 Å². The quantitative estimate of drug-likeness (QED) is 0.930. The third-order valence-corrected chi connectivity index (χ3v) is 4.76. The minimum absolute atomic E-state index is 0.0157. The molecule has 1 aliphatic carbocycles. The van der Waals surface area contributed by atoms with Crippen molar-refractivity contribution < 1.29 is 9.47 Å². The van der Waals surface area contributed by atoms with E-state index in [-0.39, 0.29) is 11.0 Å². The highest BCUT2D eigenvalue weighted by Gasteiger charge is 2.61. The Morgan fingerprint density at radius 2 is 2.06 bits per heavy atom. The highest BCUT2D eigenvalue weighted by Crippen LogP contribution is 2.53. The molecule has 1 aromatic carbocycles. The normalized spacial score (nSPS) is 23.9. The molecule has 0 spiro atoms. The Morgan fingerprint density at radius 1 is 1.35 bits per heavy atom. The summed E-state index contributed by atoms with van der Waals surface area (Å²) in [5, 5.41) is 0. The standard InChI is InChI=1S/C13H16BrNO2/c1-16-11-3-2-9(6-10(11)14)12(7-17-8-12)13(15)4-5-13/h2-3,6H,4-5,7-8,15H2,1H3. The van der Waals surface area contributed by atoms with Gasteiger partial charge in [0.25, 0.3) is 0 Å². The SMILES string of the molecule is COc1ccc(C2(C3(N)CC3)COC2)cc1Br. The molecule has 1 saturated heterocycles. The predicted molar refractivity (Wildman–Crippen MR) is 69.3 cm³/mol. The van der Waals surface area contributed by atoms with Crippen LogP contribution in [0, 0.1) is 0 Å². The van der Waals surface area contributed by atoms with E-state index in [0.717, 1.165) is 36.3 Å². The van der Waals surface area contributed by atoms with Crippen LogP contribution in [0.25, 0.3) is 0 Å².